The third-order valence-electron chi connectivity index (χ3n) is 2.60. The second-order valence-corrected chi connectivity index (χ2v) is 3.59. The van der Waals surface area contributed by atoms with E-state index in [2.05, 4.69) is 30.8 Å². The van der Waals surface area contributed by atoms with E-state index in [1.165, 1.54) is 10.8 Å². The molecule has 0 N–H and O–H groups in total. The lowest BCUT2D eigenvalue weighted by Gasteiger charge is -1.95. The van der Waals surface area contributed by atoms with Crippen LogP contribution in [0.3, 0.4) is 0 Å². The van der Waals surface area contributed by atoms with Crippen LogP contribution in [0.5, 0.6) is 0 Å². The summed E-state index contributed by atoms with van der Waals surface area (Å²) in [5, 5.41) is 3.57. The summed E-state index contributed by atoms with van der Waals surface area (Å²) in [7, 11) is 0. The van der Waals surface area contributed by atoms with Gasteiger partial charge in [-0.15, -0.1) is 0 Å². The molecule has 1 nitrogen and oxygen atoms in total. The van der Waals surface area contributed by atoms with E-state index in [1.807, 2.05) is 18.2 Å². The summed E-state index contributed by atoms with van der Waals surface area (Å²) in [5.41, 5.74) is 0.920. The first kappa shape index (κ1) is 8.30. The van der Waals surface area contributed by atoms with Crippen LogP contribution in [-0.2, 0) is 0 Å². The molecule has 15 heavy (non-hydrogen) atoms. The van der Waals surface area contributed by atoms with Crippen molar-refractivity contribution in [3.63, 3.8) is 0 Å². The molecule has 1 heteroatoms. The fourth-order valence-electron chi connectivity index (χ4n) is 1.85. The van der Waals surface area contributed by atoms with Crippen LogP contribution >= 0.6 is 0 Å². The molecule has 0 spiro atoms. The van der Waals surface area contributed by atoms with Crippen molar-refractivity contribution in [2.24, 2.45) is 0 Å². The Morgan fingerprint density at radius 2 is 1.67 bits per heavy atom. The van der Waals surface area contributed by atoms with E-state index < -0.39 is 0 Å². The quantitative estimate of drug-likeness (QED) is 0.565. The zero-order valence-corrected chi connectivity index (χ0v) is 8.23. The lowest BCUT2D eigenvalue weighted by Crippen LogP contribution is -1.70. The van der Waals surface area contributed by atoms with Gasteiger partial charge in [0, 0.05) is 5.39 Å². The zero-order chi connectivity index (χ0) is 10.3. The molecule has 72 valence electrons. The summed E-state index contributed by atoms with van der Waals surface area (Å²) in [6.07, 6.45) is 1.73. The minimum absolute atomic E-state index is 0.820. The summed E-state index contributed by atoms with van der Waals surface area (Å²) >= 11 is 0. The average Bonchev–Trinajstić information content (AvgIpc) is 2.67. The largest absolute Gasteiger partial charge is 0.457 e. The van der Waals surface area contributed by atoms with Crippen LogP contribution in [0.2, 0.25) is 0 Å². The molecule has 0 unspecified atom stereocenters. The van der Waals surface area contributed by atoms with Crippen LogP contribution in [0.4, 0.5) is 0 Å². The minimum Gasteiger partial charge on any atom is -0.457 e. The molecule has 1 heterocycles. The topological polar surface area (TPSA) is 13.1 Å². The molecule has 0 saturated carbocycles. The van der Waals surface area contributed by atoms with Crippen LogP contribution < -0.4 is 0 Å². The lowest BCUT2D eigenvalue weighted by molar-refractivity contribution is 0.605. The second kappa shape index (κ2) is 2.99. The molecule has 0 aliphatic heterocycles. The highest BCUT2D eigenvalue weighted by Crippen LogP contribution is 2.25. The Labute approximate surface area is 87.6 Å². The average molecular weight is 194 g/mol. The predicted octanol–water partition coefficient (Wildman–Crippen LogP) is 4.23. The van der Waals surface area contributed by atoms with E-state index in [9.17, 15) is 0 Å². The number of furan rings is 1. The summed E-state index contributed by atoms with van der Waals surface area (Å²) in [6, 6.07) is 14.5. The van der Waals surface area contributed by atoms with Gasteiger partial charge in [0.15, 0.2) is 0 Å². The Hall–Kier alpha value is -2.02. The van der Waals surface area contributed by atoms with Crippen LogP contribution in [0.1, 0.15) is 5.76 Å². The Morgan fingerprint density at radius 3 is 2.40 bits per heavy atom. The molecule has 2 aromatic carbocycles. The highest BCUT2D eigenvalue weighted by Gasteiger charge is 2.02. The first-order valence-electron chi connectivity index (χ1n) is 4.91. The van der Waals surface area contributed by atoms with Crippen molar-refractivity contribution in [1.82, 2.24) is 0 Å². The zero-order valence-electron chi connectivity index (χ0n) is 8.23. The molecule has 0 aliphatic carbocycles. The molecule has 0 amide bonds. The monoisotopic (exact) mass is 194 g/mol. The van der Waals surface area contributed by atoms with Gasteiger partial charge >= 0.3 is 0 Å². The van der Waals surface area contributed by atoms with E-state index in [4.69, 9.17) is 4.42 Å². The smallest absolute Gasteiger partial charge is 0.135 e. The van der Waals surface area contributed by atoms with E-state index in [-0.39, 0.29) is 0 Å². The van der Waals surface area contributed by atoms with Crippen molar-refractivity contribution in [3.05, 3.63) is 54.8 Å². The number of benzene rings is 2. The number of hydrogen-bond donors (Lipinski definition) is 0. The first-order chi connectivity index (χ1) is 7.36. The van der Waals surface area contributed by atoms with Gasteiger partial charge < -0.3 is 4.42 Å². The summed E-state index contributed by atoms with van der Waals surface area (Å²) < 4.78 is 5.61. The fourth-order valence-corrected chi connectivity index (χ4v) is 1.85. The van der Waals surface area contributed by atoms with Gasteiger partial charge in [0.05, 0.1) is 0 Å². The SMILES string of the molecule is C=Cc1cc2cc3ccccc3cc2o1. The molecule has 3 rings (SSSR count). The highest BCUT2D eigenvalue weighted by atomic mass is 16.3. The van der Waals surface area contributed by atoms with Gasteiger partial charge in [-0.05, 0) is 35.0 Å². The first-order valence-corrected chi connectivity index (χ1v) is 4.91. The van der Waals surface area contributed by atoms with Gasteiger partial charge in [-0.25, -0.2) is 0 Å². The Morgan fingerprint density at radius 1 is 0.933 bits per heavy atom. The second-order valence-electron chi connectivity index (χ2n) is 3.59. The van der Waals surface area contributed by atoms with Gasteiger partial charge in [0.1, 0.15) is 11.3 Å². The molecule has 0 atom stereocenters. The lowest BCUT2D eigenvalue weighted by atomic mass is 10.1. The molecule has 0 radical (unpaired) electrons. The van der Waals surface area contributed by atoms with E-state index in [0.717, 1.165) is 16.7 Å². The predicted molar refractivity (Wildman–Crippen MR) is 63.8 cm³/mol. The van der Waals surface area contributed by atoms with Crippen molar-refractivity contribution in [2.75, 3.05) is 0 Å². The maximum atomic E-state index is 5.61. The molecular formula is C14H10O. The Balaban J connectivity index is 2.44. The molecule has 0 bridgehead atoms. The van der Waals surface area contributed by atoms with Crippen molar-refractivity contribution >= 4 is 27.8 Å². The van der Waals surface area contributed by atoms with Gasteiger partial charge in [0.25, 0.3) is 0 Å². The highest BCUT2D eigenvalue weighted by molar-refractivity contribution is 5.96. The normalized spacial score (nSPS) is 10.9. The van der Waals surface area contributed by atoms with Gasteiger partial charge in [-0.2, -0.15) is 0 Å². The van der Waals surface area contributed by atoms with Crippen molar-refractivity contribution in [2.45, 2.75) is 0 Å². The summed E-state index contributed by atoms with van der Waals surface area (Å²) in [4.78, 5) is 0. The van der Waals surface area contributed by atoms with Gasteiger partial charge in [-0.1, -0.05) is 30.8 Å². The fraction of sp³-hybridized carbons (Fsp3) is 0. The number of hydrogen-bond acceptors (Lipinski definition) is 1. The van der Waals surface area contributed by atoms with E-state index >= 15 is 0 Å². The maximum absolute atomic E-state index is 5.61. The minimum atomic E-state index is 0.820. The van der Waals surface area contributed by atoms with E-state index in [1.54, 1.807) is 6.08 Å². The number of rotatable bonds is 1. The van der Waals surface area contributed by atoms with Crippen LogP contribution in [0, 0.1) is 0 Å². The molecule has 0 aliphatic rings. The Bertz CT molecular complexity index is 594. The maximum Gasteiger partial charge on any atom is 0.135 e. The van der Waals surface area contributed by atoms with E-state index in [0.29, 0.717) is 0 Å². The third-order valence-corrected chi connectivity index (χ3v) is 2.60. The van der Waals surface area contributed by atoms with Crippen LogP contribution in [0.25, 0.3) is 27.8 Å². The standard InChI is InChI=1S/C14H10O/c1-2-13-8-12-7-10-5-3-4-6-11(10)9-14(12)15-13/h2-9H,1H2. The third kappa shape index (κ3) is 1.24. The summed E-state index contributed by atoms with van der Waals surface area (Å²) in [5.74, 6) is 0.820. The molecule has 0 fully saturated rings. The van der Waals surface area contributed by atoms with Gasteiger partial charge in [-0.3, -0.25) is 0 Å². The summed E-state index contributed by atoms with van der Waals surface area (Å²) in [6.45, 7) is 3.70. The van der Waals surface area contributed by atoms with Crippen molar-refractivity contribution in [3.8, 4) is 0 Å². The van der Waals surface area contributed by atoms with Gasteiger partial charge in [0.2, 0.25) is 0 Å². The molecular weight excluding hydrogens is 184 g/mol. The molecule has 3 aromatic rings. The van der Waals surface area contributed by atoms with Crippen molar-refractivity contribution in [1.29, 1.82) is 0 Å². The van der Waals surface area contributed by atoms with Crippen LogP contribution in [0.15, 0.2) is 53.5 Å². The van der Waals surface area contributed by atoms with Crippen molar-refractivity contribution < 1.29 is 4.42 Å². The molecule has 1 aromatic heterocycles. The number of fused-ring (bicyclic) bond motifs is 2. The van der Waals surface area contributed by atoms with Crippen LogP contribution in [-0.4, -0.2) is 0 Å². The molecule has 0 saturated heterocycles. The Kier molecular flexibility index (Phi) is 1.65.